The van der Waals surface area contributed by atoms with Crippen molar-refractivity contribution in [1.29, 1.82) is 0 Å². The lowest BCUT2D eigenvalue weighted by molar-refractivity contribution is -0.121. The predicted molar refractivity (Wildman–Crippen MR) is 129 cm³/mol. The number of carbonyl (C=O) groups is 1. The Bertz CT molecular complexity index is 905. The van der Waals surface area contributed by atoms with Gasteiger partial charge in [0.05, 0.1) is 12.2 Å². The van der Waals surface area contributed by atoms with Crippen molar-refractivity contribution < 1.29 is 15.0 Å². The van der Waals surface area contributed by atoms with Gasteiger partial charge in [0.1, 0.15) is 0 Å². The van der Waals surface area contributed by atoms with E-state index in [9.17, 15) is 15.0 Å². The van der Waals surface area contributed by atoms with Crippen LogP contribution in [-0.2, 0) is 11.3 Å². The number of rotatable bonds is 10. The van der Waals surface area contributed by atoms with Gasteiger partial charge in [-0.15, -0.1) is 11.8 Å². The third-order valence-corrected chi connectivity index (χ3v) is 8.62. The van der Waals surface area contributed by atoms with Crippen LogP contribution in [0.3, 0.4) is 0 Å². The average Bonchev–Trinajstić information content (AvgIpc) is 3.41. The number of amides is 1. The number of aromatic nitrogens is 1. The first-order valence-corrected chi connectivity index (χ1v) is 12.5. The van der Waals surface area contributed by atoms with Crippen molar-refractivity contribution in [2.75, 3.05) is 0 Å². The highest BCUT2D eigenvalue weighted by atomic mass is 16.3. The molecular formula is C28H38N2O3. The zero-order valence-corrected chi connectivity index (χ0v) is 19.9. The topological polar surface area (TPSA) is 82.5 Å². The lowest BCUT2D eigenvalue weighted by Crippen LogP contribution is -2.41. The molecule has 5 rings (SSSR count). The van der Waals surface area contributed by atoms with E-state index < -0.39 is 6.10 Å². The molecule has 3 N–H and O–H groups in total. The van der Waals surface area contributed by atoms with E-state index in [0.29, 0.717) is 31.2 Å². The van der Waals surface area contributed by atoms with Crippen LogP contribution in [0.15, 0.2) is 36.7 Å². The molecule has 0 aromatic carbocycles. The second kappa shape index (κ2) is 10.4. The molecule has 3 unspecified atom stereocenters. The minimum atomic E-state index is -0.521. The number of hydrogen-bond acceptors (Lipinski definition) is 4. The van der Waals surface area contributed by atoms with Crippen LogP contribution in [0.5, 0.6) is 0 Å². The fourth-order valence-electron chi connectivity index (χ4n) is 6.92. The van der Waals surface area contributed by atoms with Crippen LogP contribution in [0.2, 0.25) is 0 Å². The number of carbonyl (C=O) groups excluding carboxylic acids is 1. The van der Waals surface area contributed by atoms with E-state index in [2.05, 4.69) is 28.2 Å². The molecule has 4 fully saturated rings. The molecule has 1 spiro atoms. The molecule has 8 atom stereocenters. The fourth-order valence-corrected chi connectivity index (χ4v) is 6.92. The molecule has 0 saturated heterocycles. The lowest BCUT2D eigenvalue weighted by Gasteiger charge is -2.48. The Morgan fingerprint density at radius 1 is 1.36 bits per heavy atom. The zero-order valence-electron chi connectivity index (χ0n) is 19.9. The largest absolute Gasteiger partial charge is 0.392 e. The Labute approximate surface area is 198 Å². The minimum Gasteiger partial charge on any atom is -0.392 e. The van der Waals surface area contributed by atoms with E-state index in [-0.39, 0.29) is 29.3 Å². The van der Waals surface area contributed by atoms with Crippen LogP contribution in [0.4, 0.5) is 0 Å². The van der Waals surface area contributed by atoms with Gasteiger partial charge in [0.2, 0.25) is 5.91 Å². The molecule has 1 aromatic rings. The Hall–Kier alpha value is -2.16. The summed E-state index contributed by atoms with van der Waals surface area (Å²) in [6, 6.07) is 3.84. The van der Waals surface area contributed by atoms with Crippen molar-refractivity contribution in [2.24, 2.45) is 35.0 Å². The van der Waals surface area contributed by atoms with Crippen molar-refractivity contribution in [1.82, 2.24) is 10.3 Å². The molecule has 0 radical (unpaired) electrons. The van der Waals surface area contributed by atoms with Gasteiger partial charge in [0, 0.05) is 37.7 Å². The van der Waals surface area contributed by atoms with E-state index in [4.69, 9.17) is 0 Å². The molecule has 33 heavy (non-hydrogen) atoms. The van der Waals surface area contributed by atoms with Gasteiger partial charge >= 0.3 is 0 Å². The normalized spacial score (nSPS) is 33.6. The van der Waals surface area contributed by atoms with Gasteiger partial charge in [-0.1, -0.05) is 19.1 Å². The van der Waals surface area contributed by atoms with Crippen LogP contribution in [0.25, 0.3) is 0 Å². The molecule has 4 aliphatic rings. The van der Waals surface area contributed by atoms with E-state index >= 15 is 0 Å². The molecular weight excluding hydrogens is 412 g/mol. The van der Waals surface area contributed by atoms with Gasteiger partial charge in [-0.25, -0.2) is 0 Å². The Kier molecular flexibility index (Phi) is 7.56. The highest BCUT2D eigenvalue weighted by Gasteiger charge is 2.69. The summed E-state index contributed by atoms with van der Waals surface area (Å²) in [5, 5.41) is 24.3. The lowest BCUT2D eigenvalue weighted by atomic mass is 9.57. The summed E-state index contributed by atoms with van der Waals surface area (Å²) in [6.45, 7) is 4.39. The monoisotopic (exact) mass is 450 g/mol. The van der Waals surface area contributed by atoms with E-state index in [1.165, 1.54) is 12.8 Å². The molecule has 4 aliphatic carbocycles. The Balaban J connectivity index is 1.25. The molecule has 0 aliphatic heterocycles. The summed E-state index contributed by atoms with van der Waals surface area (Å²) in [5.74, 6) is 8.15. The van der Waals surface area contributed by atoms with Gasteiger partial charge in [0.15, 0.2) is 0 Å². The Morgan fingerprint density at radius 3 is 2.91 bits per heavy atom. The summed E-state index contributed by atoms with van der Waals surface area (Å²) in [4.78, 5) is 16.3. The second-order valence-electron chi connectivity index (χ2n) is 10.5. The summed E-state index contributed by atoms with van der Waals surface area (Å²) >= 11 is 0. The zero-order chi connectivity index (χ0) is 23.4. The van der Waals surface area contributed by atoms with E-state index in [0.717, 1.165) is 30.7 Å². The van der Waals surface area contributed by atoms with Gasteiger partial charge in [-0.05, 0) is 85.8 Å². The number of aliphatic hydroxyl groups is 2. The highest BCUT2D eigenvalue weighted by Crippen LogP contribution is 2.74. The minimum absolute atomic E-state index is 0.0934. The van der Waals surface area contributed by atoms with E-state index in [1.54, 1.807) is 12.4 Å². The van der Waals surface area contributed by atoms with Crippen molar-refractivity contribution in [3.63, 3.8) is 0 Å². The maximum atomic E-state index is 12.3. The number of nitrogens with zero attached hydrogens (tertiary/aromatic N) is 1. The third-order valence-electron chi connectivity index (χ3n) is 8.62. The molecule has 4 saturated carbocycles. The van der Waals surface area contributed by atoms with Crippen LogP contribution in [-0.4, -0.2) is 33.3 Å². The number of pyridine rings is 1. The summed E-state index contributed by atoms with van der Waals surface area (Å²) in [7, 11) is 0. The number of nitrogens with one attached hydrogen (secondary N) is 1. The van der Waals surface area contributed by atoms with Crippen molar-refractivity contribution in [3.05, 3.63) is 42.2 Å². The van der Waals surface area contributed by atoms with Gasteiger partial charge in [-0.3, -0.25) is 9.78 Å². The molecule has 1 heterocycles. The number of hydrogen-bond donors (Lipinski definition) is 3. The first-order valence-electron chi connectivity index (χ1n) is 12.5. The van der Waals surface area contributed by atoms with Crippen LogP contribution >= 0.6 is 0 Å². The molecule has 1 aromatic heterocycles. The molecule has 5 nitrogen and oxygen atoms in total. The van der Waals surface area contributed by atoms with Crippen molar-refractivity contribution in [3.8, 4) is 11.8 Å². The number of aliphatic hydroxyl groups excluding tert-OH is 2. The van der Waals surface area contributed by atoms with E-state index in [1.807, 2.05) is 32.1 Å². The SMILES string of the molecule is CC#CC[C@H](C)C(O)/C=C/[C@H]1[C@@H](O)C[C@]23CC(C[C@@H]12)C3CCCC(=O)NCc1ccncc1. The first kappa shape index (κ1) is 24.0. The average molecular weight is 451 g/mol. The maximum absolute atomic E-state index is 12.3. The summed E-state index contributed by atoms with van der Waals surface area (Å²) in [6.07, 6.45) is 13.1. The smallest absolute Gasteiger partial charge is 0.220 e. The molecule has 1 amide bonds. The predicted octanol–water partition coefficient (Wildman–Crippen LogP) is 3.86. The standard InChI is InChI=1S/C28H38N2O3/c1-3-4-6-19(2)25(31)10-9-22-24-15-21-16-28(24,17-26(22)32)23(21)7-5-8-27(33)30-18-20-11-13-29-14-12-20/h9-14,19,21-26,31-32H,5-8,15-18H2,1-2H3,(H,30,33)/b10-9+/t19-,21?,22+,23?,24-,25?,26-,28-/m0/s1. The molecule has 178 valence electrons. The van der Waals surface area contributed by atoms with Crippen molar-refractivity contribution >= 4 is 5.91 Å². The first-order chi connectivity index (χ1) is 15.9. The quantitative estimate of drug-likeness (QED) is 0.373. The Morgan fingerprint density at radius 2 is 2.15 bits per heavy atom. The van der Waals surface area contributed by atoms with Crippen LogP contribution in [0.1, 0.15) is 64.4 Å². The third kappa shape index (κ3) is 5.03. The molecule has 2 bridgehead atoms. The maximum Gasteiger partial charge on any atom is 0.220 e. The van der Waals surface area contributed by atoms with Gasteiger partial charge < -0.3 is 15.5 Å². The van der Waals surface area contributed by atoms with Gasteiger partial charge in [-0.2, -0.15) is 0 Å². The second-order valence-corrected chi connectivity index (χ2v) is 10.5. The summed E-state index contributed by atoms with van der Waals surface area (Å²) in [5.41, 5.74) is 1.31. The van der Waals surface area contributed by atoms with Crippen molar-refractivity contribution in [2.45, 2.75) is 77.5 Å². The molecule has 5 heteroatoms. The fraction of sp³-hybridized carbons (Fsp3) is 0.643. The summed E-state index contributed by atoms with van der Waals surface area (Å²) < 4.78 is 0. The van der Waals surface area contributed by atoms with Crippen LogP contribution in [0, 0.1) is 46.8 Å². The van der Waals surface area contributed by atoms with Gasteiger partial charge in [0.25, 0.3) is 0 Å². The van der Waals surface area contributed by atoms with Crippen LogP contribution < -0.4 is 5.32 Å². The highest BCUT2D eigenvalue weighted by molar-refractivity contribution is 5.75.